The number of aromatic nitrogens is 2. The SMILES string of the molecule is O=C(Cc1cccnc1)N[C@@H]1CS(=O)(=O)[C@H]2CN(Cc3ccccn3)C[C@@H]12. The maximum Gasteiger partial charge on any atom is 0.224 e. The van der Waals surface area contributed by atoms with Gasteiger partial charge in [-0.1, -0.05) is 12.1 Å². The smallest absolute Gasteiger partial charge is 0.224 e. The molecule has 3 atom stereocenters. The Balaban J connectivity index is 1.42. The Labute approximate surface area is 158 Å². The van der Waals surface area contributed by atoms with Gasteiger partial charge in [0.05, 0.1) is 23.1 Å². The van der Waals surface area contributed by atoms with E-state index >= 15 is 0 Å². The van der Waals surface area contributed by atoms with E-state index in [9.17, 15) is 13.2 Å². The van der Waals surface area contributed by atoms with E-state index in [1.807, 2.05) is 24.3 Å². The second-order valence-corrected chi connectivity index (χ2v) is 9.52. The minimum atomic E-state index is -3.21. The molecule has 0 saturated carbocycles. The molecule has 1 amide bonds. The van der Waals surface area contributed by atoms with Crippen molar-refractivity contribution in [3.8, 4) is 0 Å². The number of sulfone groups is 1. The van der Waals surface area contributed by atoms with Crippen LogP contribution in [0.4, 0.5) is 0 Å². The zero-order valence-corrected chi connectivity index (χ0v) is 15.7. The third-order valence-electron chi connectivity index (χ3n) is 5.32. The maximum atomic E-state index is 12.6. The molecule has 7 nitrogen and oxygen atoms in total. The van der Waals surface area contributed by atoms with Gasteiger partial charge in [0, 0.05) is 50.2 Å². The van der Waals surface area contributed by atoms with E-state index in [1.165, 1.54) is 0 Å². The highest BCUT2D eigenvalue weighted by atomic mass is 32.2. The lowest BCUT2D eigenvalue weighted by molar-refractivity contribution is -0.121. The van der Waals surface area contributed by atoms with Gasteiger partial charge in [0.15, 0.2) is 9.84 Å². The van der Waals surface area contributed by atoms with Crippen molar-refractivity contribution in [2.45, 2.75) is 24.3 Å². The van der Waals surface area contributed by atoms with Crippen LogP contribution in [0, 0.1) is 5.92 Å². The van der Waals surface area contributed by atoms with Crippen LogP contribution < -0.4 is 5.32 Å². The summed E-state index contributed by atoms with van der Waals surface area (Å²) in [5.74, 6) is -0.206. The summed E-state index contributed by atoms with van der Waals surface area (Å²) in [5, 5.41) is 2.54. The number of nitrogens with zero attached hydrogens (tertiary/aromatic N) is 3. The second kappa shape index (κ2) is 7.36. The molecule has 8 heteroatoms. The third-order valence-corrected chi connectivity index (χ3v) is 7.57. The van der Waals surface area contributed by atoms with Crippen molar-refractivity contribution in [2.75, 3.05) is 18.8 Å². The summed E-state index contributed by atoms with van der Waals surface area (Å²) in [6.07, 6.45) is 5.26. The van der Waals surface area contributed by atoms with Crippen molar-refractivity contribution in [1.29, 1.82) is 0 Å². The van der Waals surface area contributed by atoms with Crippen LogP contribution in [0.1, 0.15) is 11.3 Å². The van der Waals surface area contributed by atoms with Gasteiger partial charge in [0.2, 0.25) is 5.91 Å². The number of carbonyl (C=O) groups excluding carboxylic acids is 1. The average Bonchev–Trinajstić information content (AvgIpc) is 3.16. The van der Waals surface area contributed by atoms with E-state index in [1.54, 1.807) is 24.7 Å². The fourth-order valence-electron chi connectivity index (χ4n) is 4.09. The van der Waals surface area contributed by atoms with Crippen LogP contribution in [0.25, 0.3) is 0 Å². The molecule has 2 aromatic heterocycles. The van der Waals surface area contributed by atoms with Crippen molar-refractivity contribution < 1.29 is 13.2 Å². The first-order chi connectivity index (χ1) is 13.0. The molecule has 0 spiro atoms. The Hall–Kier alpha value is -2.32. The van der Waals surface area contributed by atoms with Gasteiger partial charge in [-0.3, -0.25) is 19.7 Å². The second-order valence-electron chi connectivity index (χ2n) is 7.26. The van der Waals surface area contributed by atoms with E-state index in [-0.39, 0.29) is 30.0 Å². The van der Waals surface area contributed by atoms with E-state index in [0.717, 1.165) is 11.3 Å². The molecule has 142 valence electrons. The summed E-state index contributed by atoms with van der Waals surface area (Å²) in [6, 6.07) is 9.02. The first kappa shape index (κ1) is 18.1. The molecule has 2 fully saturated rings. The van der Waals surface area contributed by atoms with Crippen LogP contribution >= 0.6 is 0 Å². The number of amides is 1. The van der Waals surface area contributed by atoms with Gasteiger partial charge in [-0.15, -0.1) is 0 Å². The Kier molecular flexibility index (Phi) is 4.92. The Bertz CT molecular complexity index is 905. The molecule has 2 aromatic rings. The number of hydrogen-bond donors (Lipinski definition) is 1. The minimum absolute atomic E-state index is 0.0263. The van der Waals surface area contributed by atoms with Gasteiger partial charge in [0.25, 0.3) is 0 Å². The molecular formula is C19H22N4O3S. The first-order valence-electron chi connectivity index (χ1n) is 9.03. The molecule has 0 aromatic carbocycles. The van der Waals surface area contributed by atoms with Crippen molar-refractivity contribution in [3.05, 3.63) is 60.2 Å². The van der Waals surface area contributed by atoms with Gasteiger partial charge < -0.3 is 5.32 Å². The van der Waals surface area contributed by atoms with Crippen LogP contribution in [0.15, 0.2) is 48.9 Å². The van der Waals surface area contributed by atoms with E-state index < -0.39 is 15.1 Å². The Morgan fingerprint density at radius 2 is 2.07 bits per heavy atom. The van der Waals surface area contributed by atoms with E-state index in [4.69, 9.17) is 0 Å². The van der Waals surface area contributed by atoms with Crippen LogP contribution in [0.3, 0.4) is 0 Å². The average molecular weight is 386 g/mol. The van der Waals surface area contributed by atoms with Crippen molar-refractivity contribution >= 4 is 15.7 Å². The van der Waals surface area contributed by atoms with Crippen LogP contribution in [0.5, 0.6) is 0 Å². The summed E-state index contributed by atoms with van der Waals surface area (Å²) < 4.78 is 25.2. The number of hydrogen-bond acceptors (Lipinski definition) is 6. The standard InChI is InChI=1S/C19H22N4O3S/c24-19(8-14-4-3-6-20-9-14)22-17-13-27(25,26)18-12-23(11-16(17)18)10-15-5-1-2-7-21-15/h1-7,9,16-18H,8,10-13H2,(H,22,24)/t16-,17+,18-/m0/s1. The third kappa shape index (κ3) is 4.01. The molecule has 0 radical (unpaired) electrons. The minimum Gasteiger partial charge on any atom is -0.352 e. The largest absolute Gasteiger partial charge is 0.352 e. The summed E-state index contributed by atoms with van der Waals surface area (Å²) in [4.78, 5) is 22.8. The predicted octanol–water partition coefficient (Wildman–Crippen LogP) is 0.433. The Morgan fingerprint density at radius 1 is 1.19 bits per heavy atom. The molecule has 0 aliphatic carbocycles. The number of rotatable bonds is 5. The lowest BCUT2D eigenvalue weighted by Gasteiger charge is -2.20. The lowest BCUT2D eigenvalue weighted by Crippen LogP contribution is -2.42. The zero-order valence-electron chi connectivity index (χ0n) is 14.9. The summed E-state index contributed by atoms with van der Waals surface area (Å²) in [7, 11) is -3.21. The maximum absolute atomic E-state index is 12.6. The molecule has 2 aliphatic heterocycles. The number of nitrogens with one attached hydrogen (secondary N) is 1. The molecule has 2 aliphatic rings. The van der Waals surface area contributed by atoms with Gasteiger partial charge in [-0.2, -0.15) is 0 Å². The normalized spacial score (nSPS) is 26.6. The van der Waals surface area contributed by atoms with Crippen LogP contribution in [-0.2, 0) is 27.6 Å². The van der Waals surface area contributed by atoms with Gasteiger partial charge in [-0.25, -0.2) is 8.42 Å². The van der Waals surface area contributed by atoms with Crippen molar-refractivity contribution in [1.82, 2.24) is 20.2 Å². The topological polar surface area (TPSA) is 92.3 Å². The fraction of sp³-hybridized carbons (Fsp3) is 0.421. The molecule has 27 heavy (non-hydrogen) atoms. The summed E-state index contributed by atoms with van der Waals surface area (Å²) in [5.41, 5.74) is 1.74. The first-order valence-corrected chi connectivity index (χ1v) is 10.7. The number of pyridine rings is 2. The van der Waals surface area contributed by atoms with Crippen molar-refractivity contribution in [2.24, 2.45) is 5.92 Å². The van der Waals surface area contributed by atoms with Crippen molar-refractivity contribution in [3.63, 3.8) is 0 Å². The molecule has 0 bridgehead atoms. The molecule has 4 heterocycles. The van der Waals surface area contributed by atoms with Gasteiger partial charge in [0.1, 0.15) is 0 Å². The molecular weight excluding hydrogens is 364 g/mol. The van der Waals surface area contributed by atoms with E-state index in [2.05, 4.69) is 20.2 Å². The number of fused-ring (bicyclic) bond motifs is 1. The lowest BCUT2D eigenvalue weighted by atomic mass is 10.00. The Morgan fingerprint density at radius 3 is 2.81 bits per heavy atom. The van der Waals surface area contributed by atoms with Gasteiger partial charge in [-0.05, 0) is 23.8 Å². The number of likely N-dealkylation sites (tertiary alicyclic amines) is 1. The summed E-state index contributed by atoms with van der Waals surface area (Å²) in [6.45, 7) is 1.77. The number of carbonyl (C=O) groups is 1. The fourth-order valence-corrected chi connectivity index (χ4v) is 6.41. The zero-order chi connectivity index (χ0) is 18.9. The highest BCUT2D eigenvalue weighted by molar-refractivity contribution is 7.92. The quantitative estimate of drug-likeness (QED) is 0.801. The van der Waals surface area contributed by atoms with Crippen LogP contribution in [0.2, 0.25) is 0 Å². The highest BCUT2D eigenvalue weighted by Crippen LogP contribution is 2.34. The molecule has 1 N–H and O–H groups in total. The molecule has 0 unspecified atom stereocenters. The van der Waals surface area contributed by atoms with Gasteiger partial charge >= 0.3 is 0 Å². The van der Waals surface area contributed by atoms with Crippen LogP contribution in [-0.4, -0.2) is 59.3 Å². The molecule has 4 rings (SSSR count). The monoisotopic (exact) mass is 386 g/mol. The highest BCUT2D eigenvalue weighted by Gasteiger charge is 2.52. The summed E-state index contributed by atoms with van der Waals surface area (Å²) >= 11 is 0. The predicted molar refractivity (Wildman–Crippen MR) is 100 cm³/mol. The van der Waals surface area contributed by atoms with E-state index in [0.29, 0.717) is 19.6 Å². The molecule has 2 saturated heterocycles.